The van der Waals surface area contributed by atoms with E-state index in [1.807, 2.05) is 61.5 Å². The largest absolute Gasteiger partial charge is 0.294 e. The van der Waals surface area contributed by atoms with E-state index >= 15 is 0 Å². The SMILES string of the molecule is Cc1ccc([C@H](Cl)CC(=O)c2ccccc2)cc1. The molecule has 0 bridgehead atoms. The molecule has 0 amide bonds. The monoisotopic (exact) mass is 258 g/mol. The van der Waals surface area contributed by atoms with E-state index in [9.17, 15) is 4.79 Å². The summed E-state index contributed by atoms with van der Waals surface area (Å²) in [5.41, 5.74) is 2.90. The number of hydrogen-bond donors (Lipinski definition) is 0. The summed E-state index contributed by atoms with van der Waals surface area (Å²) < 4.78 is 0. The quantitative estimate of drug-likeness (QED) is 0.581. The normalized spacial score (nSPS) is 12.1. The number of rotatable bonds is 4. The topological polar surface area (TPSA) is 17.1 Å². The van der Waals surface area contributed by atoms with Crippen molar-refractivity contribution < 1.29 is 4.79 Å². The average molecular weight is 259 g/mol. The number of carbonyl (C=O) groups is 1. The Morgan fingerprint density at radius 1 is 1.06 bits per heavy atom. The van der Waals surface area contributed by atoms with E-state index in [0.29, 0.717) is 6.42 Å². The number of halogens is 1. The van der Waals surface area contributed by atoms with E-state index in [2.05, 4.69) is 0 Å². The minimum atomic E-state index is -0.265. The van der Waals surface area contributed by atoms with Crippen molar-refractivity contribution in [2.75, 3.05) is 0 Å². The molecule has 0 aliphatic rings. The second kappa shape index (κ2) is 5.83. The third-order valence-electron chi connectivity index (χ3n) is 2.90. The lowest BCUT2D eigenvalue weighted by atomic mass is 10.0. The number of benzene rings is 2. The van der Waals surface area contributed by atoms with E-state index < -0.39 is 0 Å². The molecule has 0 aliphatic heterocycles. The summed E-state index contributed by atoms with van der Waals surface area (Å²) in [6, 6.07) is 17.2. The zero-order chi connectivity index (χ0) is 13.0. The van der Waals surface area contributed by atoms with Gasteiger partial charge in [0, 0.05) is 12.0 Å². The molecule has 0 aromatic heterocycles. The van der Waals surface area contributed by atoms with Crippen molar-refractivity contribution in [1.29, 1.82) is 0 Å². The maximum absolute atomic E-state index is 12.0. The summed E-state index contributed by atoms with van der Waals surface area (Å²) in [7, 11) is 0. The highest BCUT2D eigenvalue weighted by molar-refractivity contribution is 6.22. The molecule has 1 atom stereocenters. The van der Waals surface area contributed by atoms with Crippen LogP contribution in [0.15, 0.2) is 54.6 Å². The fourth-order valence-electron chi connectivity index (χ4n) is 1.80. The van der Waals surface area contributed by atoms with Gasteiger partial charge in [0.2, 0.25) is 0 Å². The number of ketones is 1. The Bertz CT molecular complexity index is 517. The number of hydrogen-bond acceptors (Lipinski definition) is 1. The average Bonchev–Trinajstić information content (AvgIpc) is 2.40. The van der Waals surface area contributed by atoms with Gasteiger partial charge in [-0.2, -0.15) is 0 Å². The van der Waals surface area contributed by atoms with Gasteiger partial charge in [-0.05, 0) is 12.5 Å². The maximum atomic E-state index is 12.0. The third kappa shape index (κ3) is 3.21. The Morgan fingerprint density at radius 3 is 2.28 bits per heavy atom. The van der Waals surface area contributed by atoms with E-state index in [0.717, 1.165) is 11.1 Å². The predicted octanol–water partition coefficient (Wildman–Crippen LogP) is 4.55. The fraction of sp³-hybridized carbons (Fsp3) is 0.188. The van der Waals surface area contributed by atoms with Crippen LogP contribution in [0, 0.1) is 6.92 Å². The Kier molecular flexibility index (Phi) is 4.16. The van der Waals surface area contributed by atoms with Crippen LogP contribution in [-0.2, 0) is 0 Å². The highest BCUT2D eigenvalue weighted by Crippen LogP contribution is 2.26. The Labute approximate surface area is 112 Å². The molecule has 2 heteroatoms. The van der Waals surface area contributed by atoms with Crippen LogP contribution < -0.4 is 0 Å². The number of aryl methyl sites for hydroxylation is 1. The predicted molar refractivity (Wildman–Crippen MR) is 75.2 cm³/mol. The van der Waals surface area contributed by atoms with Crippen molar-refractivity contribution in [1.82, 2.24) is 0 Å². The minimum Gasteiger partial charge on any atom is -0.294 e. The summed E-state index contributed by atoms with van der Waals surface area (Å²) in [5.74, 6) is 0.0798. The van der Waals surface area contributed by atoms with E-state index in [-0.39, 0.29) is 11.2 Å². The molecule has 2 aromatic carbocycles. The van der Waals surface area contributed by atoms with Gasteiger partial charge in [-0.25, -0.2) is 0 Å². The Morgan fingerprint density at radius 2 is 1.67 bits per heavy atom. The van der Waals surface area contributed by atoms with E-state index in [1.165, 1.54) is 5.56 Å². The van der Waals surface area contributed by atoms with Gasteiger partial charge in [-0.15, -0.1) is 11.6 Å². The van der Waals surface area contributed by atoms with Gasteiger partial charge < -0.3 is 0 Å². The van der Waals surface area contributed by atoms with Crippen molar-refractivity contribution in [3.63, 3.8) is 0 Å². The molecule has 18 heavy (non-hydrogen) atoms. The van der Waals surface area contributed by atoms with E-state index in [4.69, 9.17) is 11.6 Å². The molecule has 1 nitrogen and oxygen atoms in total. The van der Waals surface area contributed by atoms with Gasteiger partial charge in [-0.1, -0.05) is 60.2 Å². The van der Waals surface area contributed by atoms with E-state index in [1.54, 1.807) is 0 Å². The zero-order valence-electron chi connectivity index (χ0n) is 10.3. The van der Waals surface area contributed by atoms with Crippen molar-refractivity contribution >= 4 is 17.4 Å². The second-order valence-electron chi connectivity index (χ2n) is 4.37. The molecule has 2 aromatic rings. The molecule has 0 saturated carbocycles. The van der Waals surface area contributed by atoms with Crippen LogP contribution in [0.1, 0.15) is 33.3 Å². The summed E-state index contributed by atoms with van der Waals surface area (Å²) in [6.07, 6.45) is 0.328. The van der Waals surface area contributed by atoms with Crippen LogP contribution in [-0.4, -0.2) is 5.78 Å². The lowest BCUT2D eigenvalue weighted by Crippen LogP contribution is -2.03. The van der Waals surface area contributed by atoms with Gasteiger partial charge in [0.05, 0.1) is 5.38 Å². The van der Waals surface area contributed by atoms with Crippen molar-refractivity contribution in [2.24, 2.45) is 0 Å². The molecule has 0 saturated heterocycles. The van der Waals surface area contributed by atoms with Gasteiger partial charge in [0.15, 0.2) is 5.78 Å². The van der Waals surface area contributed by atoms with Crippen LogP contribution in [0.4, 0.5) is 0 Å². The molecule has 0 spiro atoms. The summed E-state index contributed by atoms with van der Waals surface area (Å²) in [6.45, 7) is 2.03. The Balaban J connectivity index is 2.06. The smallest absolute Gasteiger partial charge is 0.164 e. The second-order valence-corrected chi connectivity index (χ2v) is 4.90. The molecule has 92 valence electrons. The van der Waals surface area contributed by atoms with Gasteiger partial charge >= 0.3 is 0 Å². The van der Waals surface area contributed by atoms with Crippen molar-refractivity contribution in [3.05, 3.63) is 71.3 Å². The molecular formula is C16H15ClO. The first-order chi connectivity index (χ1) is 8.66. The molecule has 0 heterocycles. The molecular weight excluding hydrogens is 244 g/mol. The fourth-order valence-corrected chi connectivity index (χ4v) is 2.08. The first-order valence-electron chi connectivity index (χ1n) is 5.95. The van der Waals surface area contributed by atoms with Crippen LogP contribution >= 0.6 is 11.6 Å². The number of carbonyl (C=O) groups excluding carboxylic acids is 1. The molecule has 0 N–H and O–H groups in total. The summed E-state index contributed by atoms with van der Waals surface area (Å²) in [4.78, 5) is 12.0. The number of Topliss-reactive ketones (excluding diaryl/α,β-unsaturated/α-hetero) is 1. The third-order valence-corrected chi connectivity index (χ3v) is 3.31. The van der Waals surface area contributed by atoms with Crippen LogP contribution in [0.5, 0.6) is 0 Å². The molecule has 0 radical (unpaired) electrons. The van der Waals surface area contributed by atoms with Crippen molar-refractivity contribution in [3.8, 4) is 0 Å². The molecule has 0 aliphatic carbocycles. The van der Waals surface area contributed by atoms with Gasteiger partial charge in [0.25, 0.3) is 0 Å². The van der Waals surface area contributed by atoms with Crippen molar-refractivity contribution in [2.45, 2.75) is 18.7 Å². The molecule has 2 rings (SSSR count). The number of alkyl halides is 1. The highest BCUT2D eigenvalue weighted by atomic mass is 35.5. The van der Waals surface area contributed by atoms with Gasteiger partial charge in [-0.3, -0.25) is 4.79 Å². The van der Waals surface area contributed by atoms with Gasteiger partial charge in [0.1, 0.15) is 0 Å². The standard InChI is InChI=1S/C16H15ClO/c1-12-7-9-13(10-8-12)15(17)11-16(18)14-5-3-2-4-6-14/h2-10,15H,11H2,1H3/t15-/m1/s1. The maximum Gasteiger partial charge on any atom is 0.164 e. The van der Waals surface area contributed by atoms with Crippen LogP contribution in [0.2, 0.25) is 0 Å². The molecule has 0 fully saturated rings. The highest BCUT2D eigenvalue weighted by Gasteiger charge is 2.14. The zero-order valence-corrected chi connectivity index (χ0v) is 11.0. The lowest BCUT2D eigenvalue weighted by Gasteiger charge is -2.09. The lowest BCUT2D eigenvalue weighted by molar-refractivity contribution is 0.0981. The van der Waals surface area contributed by atoms with Crippen LogP contribution in [0.3, 0.4) is 0 Å². The molecule has 0 unspecified atom stereocenters. The summed E-state index contributed by atoms with van der Waals surface area (Å²) in [5, 5.41) is -0.265. The first kappa shape index (κ1) is 12.8. The Hall–Kier alpha value is -1.60. The summed E-state index contributed by atoms with van der Waals surface area (Å²) >= 11 is 6.28. The van der Waals surface area contributed by atoms with Crippen LogP contribution in [0.25, 0.3) is 0 Å². The first-order valence-corrected chi connectivity index (χ1v) is 6.39. The minimum absolute atomic E-state index is 0.0798.